The minimum absolute atomic E-state index is 0.148. The summed E-state index contributed by atoms with van der Waals surface area (Å²) < 4.78 is 4.98. The van der Waals surface area contributed by atoms with E-state index in [0.717, 1.165) is 11.1 Å². The lowest BCUT2D eigenvalue weighted by Crippen LogP contribution is -2.22. The number of nitrogens with one attached hydrogen (secondary N) is 1. The highest BCUT2D eigenvalue weighted by Crippen LogP contribution is 2.23. The summed E-state index contributed by atoms with van der Waals surface area (Å²) in [4.78, 5) is 23.6. The van der Waals surface area contributed by atoms with Crippen molar-refractivity contribution in [3.8, 4) is 0 Å². The maximum atomic E-state index is 11.9. The Morgan fingerprint density at radius 2 is 1.80 bits per heavy atom. The molecule has 0 aromatic heterocycles. The lowest BCUT2D eigenvalue weighted by Gasteiger charge is -2.10. The topological polar surface area (TPSA) is 55.4 Å². The first-order valence-corrected chi connectivity index (χ1v) is 9.40. The van der Waals surface area contributed by atoms with Gasteiger partial charge in [-0.15, -0.1) is 11.8 Å². The zero-order valence-electron chi connectivity index (χ0n) is 13.6. The molecule has 2 aromatic carbocycles. The zero-order chi connectivity index (χ0) is 18.2. The van der Waals surface area contributed by atoms with Crippen LogP contribution >= 0.6 is 35.0 Å². The van der Waals surface area contributed by atoms with Gasteiger partial charge in [0.15, 0.2) is 6.61 Å². The smallest absolute Gasteiger partial charge is 0.316 e. The summed E-state index contributed by atoms with van der Waals surface area (Å²) in [5.74, 6) is -0.109. The van der Waals surface area contributed by atoms with Crippen LogP contribution in [0.2, 0.25) is 10.0 Å². The highest BCUT2D eigenvalue weighted by molar-refractivity contribution is 7.99. The number of esters is 1. The zero-order valence-corrected chi connectivity index (χ0v) is 15.9. The van der Waals surface area contributed by atoms with Crippen molar-refractivity contribution < 1.29 is 14.3 Å². The van der Waals surface area contributed by atoms with Crippen LogP contribution in [0.15, 0.2) is 42.5 Å². The maximum absolute atomic E-state index is 11.9. The molecule has 2 aromatic rings. The van der Waals surface area contributed by atoms with Gasteiger partial charge in [0.25, 0.3) is 5.91 Å². The van der Waals surface area contributed by atoms with E-state index in [9.17, 15) is 9.59 Å². The molecule has 0 atom stereocenters. The Morgan fingerprint density at radius 1 is 1.08 bits per heavy atom. The van der Waals surface area contributed by atoms with E-state index in [2.05, 4.69) is 5.32 Å². The van der Waals surface area contributed by atoms with Gasteiger partial charge in [-0.3, -0.25) is 9.59 Å². The lowest BCUT2D eigenvalue weighted by atomic mass is 10.2. The fourth-order valence-electron chi connectivity index (χ4n) is 1.98. The number of benzene rings is 2. The van der Waals surface area contributed by atoms with E-state index < -0.39 is 11.9 Å². The molecular weight excluding hydrogens is 381 g/mol. The molecular formula is C18H17Cl2NO3S. The van der Waals surface area contributed by atoms with Crippen molar-refractivity contribution in [1.29, 1.82) is 0 Å². The Kier molecular flexibility index (Phi) is 7.62. The Labute approximate surface area is 160 Å². The van der Waals surface area contributed by atoms with Crippen molar-refractivity contribution in [1.82, 2.24) is 0 Å². The average molecular weight is 398 g/mol. The molecule has 1 N–H and O–H groups in total. The number of amides is 1. The number of hydrogen-bond donors (Lipinski definition) is 1. The summed E-state index contributed by atoms with van der Waals surface area (Å²) in [7, 11) is 0. The van der Waals surface area contributed by atoms with Crippen LogP contribution in [0, 0.1) is 6.92 Å². The normalized spacial score (nSPS) is 10.4. The predicted octanol–water partition coefficient (Wildman–Crippen LogP) is 4.72. The maximum Gasteiger partial charge on any atom is 0.316 e. The van der Waals surface area contributed by atoms with Crippen molar-refractivity contribution in [2.24, 2.45) is 0 Å². The molecule has 0 aliphatic carbocycles. The Hall–Kier alpha value is -1.69. The standard InChI is InChI=1S/C18H17Cl2NO3S/c1-12-14(19)7-4-8-16(12)21-17(22)9-24-18(23)11-25-10-13-5-2-3-6-15(13)20/h2-8H,9-11H2,1H3,(H,21,22). The van der Waals surface area contributed by atoms with Crippen LogP contribution in [-0.4, -0.2) is 24.2 Å². The van der Waals surface area contributed by atoms with Gasteiger partial charge < -0.3 is 10.1 Å². The van der Waals surface area contributed by atoms with Gasteiger partial charge >= 0.3 is 5.97 Å². The lowest BCUT2D eigenvalue weighted by molar-refractivity contribution is -0.144. The minimum atomic E-state index is -0.449. The number of carbonyl (C=O) groups is 2. The van der Waals surface area contributed by atoms with Crippen LogP contribution < -0.4 is 5.32 Å². The SMILES string of the molecule is Cc1c(Cl)cccc1NC(=O)COC(=O)CSCc1ccccc1Cl. The monoisotopic (exact) mass is 397 g/mol. The number of ether oxygens (including phenoxy) is 1. The van der Waals surface area contributed by atoms with Crippen LogP contribution in [0.1, 0.15) is 11.1 Å². The van der Waals surface area contributed by atoms with Gasteiger partial charge in [-0.1, -0.05) is 47.5 Å². The van der Waals surface area contributed by atoms with Gasteiger partial charge in [0, 0.05) is 21.5 Å². The van der Waals surface area contributed by atoms with Crippen molar-refractivity contribution in [2.45, 2.75) is 12.7 Å². The van der Waals surface area contributed by atoms with E-state index in [-0.39, 0.29) is 12.4 Å². The number of hydrogen-bond acceptors (Lipinski definition) is 4. The molecule has 4 nitrogen and oxygen atoms in total. The van der Waals surface area contributed by atoms with Crippen LogP contribution in [0.3, 0.4) is 0 Å². The second-order valence-corrected chi connectivity index (χ2v) is 7.01. The molecule has 2 rings (SSSR count). The molecule has 7 heteroatoms. The molecule has 132 valence electrons. The average Bonchev–Trinajstić information content (AvgIpc) is 2.59. The molecule has 0 unspecified atom stereocenters. The quantitative estimate of drug-likeness (QED) is 0.686. The number of anilines is 1. The van der Waals surface area contributed by atoms with Gasteiger partial charge in [0.05, 0.1) is 5.75 Å². The highest BCUT2D eigenvalue weighted by atomic mass is 35.5. The Bertz CT molecular complexity index is 768. The van der Waals surface area contributed by atoms with Gasteiger partial charge in [-0.25, -0.2) is 0 Å². The van der Waals surface area contributed by atoms with Crippen molar-refractivity contribution in [3.05, 3.63) is 63.6 Å². The number of rotatable bonds is 7. The van der Waals surface area contributed by atoms with E-state index in [1.165, 1.54) is 11.8 Å². The fourth-order valence-corrected chi connectivity index (χ4v) is 3.26. The van der Waals surface area contributed by atoms with E-state index in [0.29, 0.717) is 21.5 Å². The minimum Gasteiger partial charge on any atom is -0.455 e. The Balaban J connectivity index is 1.71. The van der Waals surface area contributed by atoms with Gasteiger partial charge in [0.2, 0.25) is 0 Å². The van der Waals surface area contributed by atoms with E-state index in [1.54, 1.807) is 31.2 Å². The molecule has 0 radical (unpaired) electrons. The third kappa shape index (κ3) is 6.27. The first kappa shape index (κ1) is 19.6. The number of carbonyl (C=O) groups excluding carboxylic acids is 2. The molecule has 0 bridgehead atoms. The first-order valence-electron chi connectivity index (χ1n) is 7.49. The predicted molar refractivity (Wildman–Crippen MR) is 103 cm³/mol. The third-order valence-corrected chi connectivity index (χ3v) is 5.07. The molecule has 0 aliphatic heterocycles. The third-order valence-electron chi connectivity index (χ3n) is 3.34. The summed E-state index contributed by atoms with van der Waals surface area (Å²) in [5, 5.41) is 3.90. The highest BCUT2D eigenvalue weighted by Gasteiger charge is 2.10. The van der Waals surface area contributed by atoms with E-state index >= 15 is 0 Å². The van der Waals surface area contributed by atoms with Gasteiger partial charge in [-0.05, 0) is 36.2 Å². The molecule has 0 spiro atoms. The molecule has 0 heterocycles. The van der Waals surface area contributed by atoms with Crippen LogP contribution in [0.4, 0.5) is 5.69 Å². The summed E-state index contributed by atoms with van der Waals surface area (Å²) in [6, 6.07) is 12.7. The summed E-state index contributed by atoms with van der Waals surface area (Å²) in [6.07, 6.45) is 0. The van der Waals surface area contributed by atoms with Crippen molar-refractivity contribution in [2.75, 3.05) is 17.7 Å². The number of thioether (sulfide) groups is 1. The molecule has 1 amide bonds. The van der Waals surface area contributed by atoms with Crippen LogP contribution in [0.5, 0.6) is 0 Å². The van der Waals surface area contributed by atoms with E-state index in [1.807, 2.05) is 18.2 Å². The van der Waals surface area contributed by atoms with Gasteiger partial charge in [-0.2, -0.15) is 0 Å². The fraction of sp³-hybridized carbons (Fsp3) is 0.222. The second kappa shape index (κ2) is 9.70. The summed E-state index contributed by atoms with van der Waals surface area (Å²) in [5.41, 5.74) is 2.32. The van der Waals surface area contributed by atoms with E-state index in [4.69, 9.17) is 27.9 Å². The van der Waals surface area contributed by atoms with Crippen molar-refractivity contribution in [3.63, 3.8) is 0 Å². The summed E-state index contributed by atoms with van der Waals surface area (Å²) in [6.45, 7) is 1.47. The Morgan fingerprint density at radius 3 is 2.56 bits per heavy atom. The second-order valence-electron chi connectivity index (χ2n) is 5.21. The van der Waals surface area contributed by atoms with Crippen LogP contribution in [0.25, 0.3) is 0 Å². The first-order chi connectivity index (χ1) is 12.0. The summed E-state index contributed by atoms with van der Waals surface area (Å²) >= 11 is 13.4. The van der Waals surface area contributed by atoms with Crippen molar-refractivity contribution >= 4 is 52.5 Å². The molecule has 0 aliphatic rings. The van der Waals surface area contributed by atoms with Gasteiger partial charge in [0.1, 0.15) is 0 Å². The molecule has 0 saturated carbocycles. The molecule has 0 saturated heterocycles. The largest absolute Gasteiger partial charge is 0.455 e. The molecule has 0 fully saturated rings. The number of halogens is 2. The molecule has 25 heavy (non-hydrogen) atoms. The van der Waals surface area contributed by atoms with Crippen LogP contribution in [-0.2, 0) is 20.1 Å².